The second kappa shape index (κ2) is 3.87. The average molecular weight is 116 g/mol. The molecule has 50 valence electrons. The SMILES string of the molecule is C[C@H](CN)CN(C)C. The van der Waals surface area contributed by atoms with Gasteiger partial charge in [-0.15, -0.1) is 0 Å². The molecule has 0 amide bonds. The van der Waals surface area contributed by atoms with E-state index in [4.69, 9.17) is 5.73 Å². The molecule has 0 spiro atoms. The van der Waals surface area contributed by atoms with E-state index in [-0.39, 0.29) is 0 Å². The Kier molecular flexibility index (Phi) is 3.83. The van der Waals surface area contributed by atoms with E-state index in [1.807, 2.05) is 0 Å². The third-order valence-electron chi connectivity index (χ3n) is 1.08. The molecular weight excluding hydrogens is 100 g/mol. The summed E-state index contributed by atoms with van der Waals surface area (Å²) < 4.78 is 0. The lowest BCUT2D eigenvalue weighted by Crippen LogP contribution is -2.24. The molecule has 0 aliphatic heterocycles. The Morgan fingerprint density at radius 3 is 2.12 bits per heavy atom. The third-order valence-corrected chi connectivity index (χ3v) is 1.08. The van der Waals surface area contributed by atoms with Crippen molar-refractivity contribution >= 4 is 0 Å². The normalized spacial score (nSPS) is 14.6. The molecular formula is C6H16N2. The van der Waals surface area contributed by atoms with Gasteiger partial charge in [-0.1, -0.05) is 6.92 Å². The van der Waals surface area contributed by atoms with Crippen molar-refractivity contribution in [1.82, 2.24) is 4.90 Å². The highest BCUT2D eigenvalue weighted by molar-refractivity contribution is 4.54. The van der Waals surface area contributed by atoms with E-state index in [1.54, 1.807) is 0 Å². The minimum atomic E-state index is 0.630. The number of nitrogens with zero attached hydrogens (tertiary/aromatic N) is 1. The van der Waals surface area contributed by atoms with Crippen LogP contribution in [0.4, 0.5) is 0 Å². The van der Waals surface area contributed by atoms with Crippen molar-refractivity contribution in [2.75, 3.05) is 27.2 Å². The lowest BCUT2D eigenvalue weighted by atomic mass is 10.2. The number of rotatable bonds is 3. The monoisotopic (exact) mass is 116 g/mol. The van der Waals surface area contributed by atoms with Gasteiger partial charge in [0.15, 0.2) is 0 Å². The lowest BCUT2D eigenvalue weighted by molar-refractivity contribution is 0.344. The van der Waals surface area contributed by atoms with Crippen LogP contribution in [0, 0.1) is 5.92 Å². The maximum absolute atomic E-state index is 5.39. The smallest absolute Gasteiger partial charge is 0.00130 e. The molecule has 8 heavy (non-hydrogen) atoms. The number of hydrogen-bond acceptors (Lipinski definition) is 2. The van der Waals surface area contributed by atoms with Gasteiger partial charge in [0.2, 0.25) is 0 Å². The van der Waals surface area contributed by atoms with Crippen LogP contribution in [0.5, 0.6) is 0 Å². The summed E-state index contributed by atoms with van der Waals surface area (Å²) in [6, 6.07) is 0. The Morgan fingerprint density at radius 1 is 1.50 bits per heavy atom. The highest BCUT2D eigenvalue weighted by Crippen LogP contribution is 1.90. The molecule has 0 aliphatic carbocycles. The Morgan fingerprint density at radius 2 is 2.00 bits per heavy atom. The quantitative estimate of drug-likeness (QED) is 0.568. The molecule has 2 nitrogen and oxygen atoms in total. The fourth-order valence-corrected chi connectivity index (χ4v) is 0.698. The second-order valence-electron chi connectivity index (χ2n) is 2.60. The second-order valence-corrected chi connectivity index (χ2v) is 2.60. The first-order valence-corrected chi connectivity index (χ1v) is 3.01. The molecule has 2 heteroatoms. The lowest BCUT2D eigenvalue weighted by Gasteiger charge is -2.13. The zero-order valence-corrected chi connectivity index (χ0v) is 6.02. The van der Waals surface area contributed by atoms with Crippen molar-refractivity contribution in [2.24, 2.45) is 11.7 Å². The van der Waals surface area contributed by atoms with E-state index >= 15 is 0 Å². The summed E-state index contributed by atoms with van der Waals surface area (Å²) in [5.74, 6) is 0.630. The predicted molar refractivity (Wildman–Crippen MR) is 36.8 cm³/mol. The van der Waals surface area contributed by atoms with Gasteiger partial charge < -0.3 is 10.6 Å². The zero-order valence-electron chi connectivity index (χ0n) is 6.02. The molecule has 0 aromatic carbocycles. The van der Waals surface area contributed by atoms with Gasteiger partial charge in [-0.3, -0.25) is 0 Å². The van der Waals surface area contributed by atoms with Crippen LogP contribution < -0.4 is 5.73 Å². The van der Waals surface area contributed by atoms with E-state index in [1.165, 1.54) is 0 Å². The topological polar surface area (TPSA) is 29.3 Å². The Bertz CT molecular complexity index is 52.5. The van der Waals surface area contributed by atoms with E-state index in [9.17, 15) is 0 Å². The third kappa shape index (κ3) is 4.09. The standard InChI is InChI=1S/C6H16N2/c1-6(4-7)5-8(2)3/h6H,4-5,7H2,1-3H3/t6-/m1/s1. The molecule has 0 heterocycles. The summed E-state index contributed by atoms with van der Waals surface area (Å²) in [4.78, 5) is 2.15. The Hall–Kier alpha value is -0.0800. The molecule has 0 radical (unpaired) electrons. The van der Waals surface area contributed by atoms with Crippen LogP contribution in [0.2, 0.25) is 0 Å². The van der Waals surface area contributed by atoms with E-state index < -0.39 is 0 Å². The maximum atomic E-state index is 5.39. The van der Waals surface area contributed by atoms with Crippen molar-refractivity contribution in [3.05, 3.63) is 0 Å². The summed E-state index contributed by atoms with van der Waals surface area (Å²) in [6.07, 6.45) is 0. The minimum absolute atomic E-state index is 0.630. The molecule has 0 saturated heterocycles. The molecule has 0 unspecified atom stereocenters. The first-order chi connectivity index (χ1) is 3.66. The van der Waals surface area contributed by atoms with Crippen LogP contribution >= 0.6 is 0 Å². The van der Waals surface area contributed by atoms with E-state index in [0.717, 1.165) is 13.1 Å². The van der Waals surface area contributed by atoms with Crippen molar-refractivity contribution < 1.29 is 0 Å². The van der Waals surface area contributed by atoms with Crippen LogP contribution in [-0.4, -0.2) is 32.1 Å². The average Bonchev–Trinajstić information content (AvgIpc) is 1.65. The molecule has 0 aliphatic rings. The number of nitrogens with two attached hydrogens (primary N) is 1. The fraction of sp³-hybridized carbons (Fsp3) is 1.00. The Balaban J connectivity index is 3.10. The van der Waals surface area contributed by atoms with Gasteiger partial charge in [-0.25, -0.2) is 0 Å². The highest BCUT2D eigenvalue weighted by atomic mass is 15.1. The largest absolute Gasteiger partial charge is 0.330 e. The van der Waals surface area contributed by atoms with Crippen LogP contribution in [0.15, 0.2) is 0 Å². The maximum Gasteiger partial charge on any atom is 0.00130 e. The van der Waals surface area contributed by atoms with Gasteiger partial charge in [0.05, 0.1) is 0 Å². The molecule has 0 aromatic rings. The van der Waals surface area contributed by atoms with E-state index in [2.05, 4.69) is 25.9 Å². The summed E-state index contributed by atoms with van der Waals surface area (Å²) in [5, 5.41) is 0. The molecule has 1 atom stereocenters. The van der Waals surface area contributed by atoms with Gasteiger partial charge in [0.1, 0.15) is 0 Å². The summed E-state index contributed by atoms with van der Waals surface area (Å²) >= 11 is 0. The zero-order chi connectivity index (χ0) is 6.57. The van der Waals surface area contributed by atoms with Crippen LogP contribution in [0.25, 0.3) is 0 Å². The van der Waals surface area contributed by atoms with Crippen molar-refractivity contribution in [2.45, 2.75) is 6.92 Å². The summed E-state index contributed by atoms with van der Waals surface area (Å²) in [5.41, 5.74) is 5.39. The van der Waals surface area contributed by atoms with Crippen LogP contribution in [0.3, 0.4) is 0 Å². The van der Waals surface area contributed by atoms with Crippen molar-refractivity contribution in [1.29, 1.82) is 0 Å². The first-order valence-electron chi connectivity index (χ1n) is 3.01. The molecule has 0 rings (SSSR count). The highest BCUT2D eigenvalue weighted by Gasteiger charge is 1.97. The predicted octanol–water partition coefficient (Wildman–Crippen LogP) is 0.143. The van der Waals surface area contributed by atoms with Crippen molar-refractivity contribution in [3.8, 4) is 0 Å². The van der Waals surface area contributed by atoms with E-state index in [0.29, 0.717) is 5.92 Å². The van der Waals surface area contributed by atoms with Crippen LogP contribution in [-0.2, 0) is 0 Å². The molecule has 0 fully saturated rings. The van der Waals surface area contributed by atoms with Crippen LogP contribution in [0.1, 0.15) is 6.92 Å². The molecule has 0 aromatic heterocycles. The molecule has 2 N–H and O–H groups in total. The molecule has 0 saturated carbocycles. The fourth-order valence-electron chi connectivity index (χ4n) is 0.698. The number of hydrogen-bond donors (Lipinski definition) is 1. The minimum Gasteiger partial charge on any atom is -0.330 e. The van der Waals surface area contributed by atoms with Gasteiger partial charge in [-0.2, -0.15) is 0 Å². The Labute approximate surface area is 51.7 Å². The van der Waals surface area contributed by atoms with Gasteiger partial charge in [0.25, 0.3) is 0 Å². The van der Waals surface area contributed by atoms with Gasteiger partial charge in [0, 0.05) is 6.54 Å². The molecule has 0 bridgehead atoms. The summed E-state index contributed by atoms with van der Waals surface area (Å²) in [7, 11) is 4.12. The van der Waals surface area contributed by atoms with Crippen molar-refractivity contribution in [3.63, 3.8) is 0 Å². The summed E-state index contributed by atoms with van der Waals surface area (Å²) in [6.45, 7) is 4.04. The first kappa shape index (κ1) is 7.92. The van der Waals surface area contributed by atoms with Gasteiger partial charge >= 0.3 is 0 Å². The van der Waals surface area contributed by atoms with Gasteiger partial charge in [-0.05, 0) is 26.6 Å².